The lowest BCUT2D eigenvalue weighted by molar-refractivity contribution is -0.135. The molecule has 0 spiro atoms. The van der Waals surface area contributed by atoms with Gasteiger partial charge in [0.25, 0.3) is 0 Å². The van der Waals surface area contributed by atoms with E-state index in [4.69, 9.17) is 9.47 Å². The lowest BCUT2D eigenvalue weighted by atomic mass is 10.1. The lowest BCUT2D eigenvalue weighted by Gasteiger charge is -2.24. The van der Waals surface area contributed by atoms with Crippen molar-refractivity contribution >= 4 is 23.2 Å². The molecule has 0 saturated carbocycles. The van der Waals surface area contributed by atoms with Gasteiger partial charge in [0.2, 0.25) is 18.6 Å². The molecule has 142 valence electrons. The predicted molar refractivity (Wildman–Crippen MR) is 99.5 cm³/mol. The van der Waals surface area contributed by atoms with Crippen LogP contribution in [0.15, 0.2) is 23.6 Å². The van der Waals surface area contributed by atoms with E-state index in [1.54, 1.807) is 16.2 Å². The Morgan fingerprint density at radius 3 is 3.04 bits per heavy atom. The highest BCUT2D eigenvalue weighted by Gasteiger charge is 2.36. The first-order valence-corrected chi connectivity index (χ1v) is 9.91. The number of carbonyl (C=O) groups excluding carboxylic acids is 2. The summed E-state index contributed by atoms with van der Waals surface area (Å²) in [7, 11) is 0. The van der Waals surface area contributed by atoms with Gasteiger partial charge in [0.15, 0.2) is 11.5 Å². The van der Waals surface area contributed by atoms with Crippen molar-refractivity contribution in [3.63, 3.8) is 0 Å². The summed E-state index contributed by atoms with van der Waals surface area (Å²) >= 11 is 1.60. The van der Waals surface area contributed by atoms with Crippen molar-refractivity contribution < 1.29 is 19.1 Å². The summed E-state index contributed by atoms with van der Waals surface area (Å²) in [6.45, 7) is 3.03. The number of aryl methyl sites for hydroxylation is 1. The maximum absolute atomic E-state index is 12.7. The number of ether oxygens (including phenoxy) is 2. The summed E-state index contributed by atoms with van der Waals surface area (Å²) in [6.07, 6.45) is 1.81. The van der Waals surface area contributed by atoms with Crippen LogP contribution in [0.4, 0.5) is 0 Å². The first kappa shape index (κ1) is 17.8. The number of hydrogen-bond donors (Lipinski definition) is 1. The molecule has 7 nitrogen and oxygen atoms in total. The van der Waals surface area contributed by atoms with Crippen LogP contribution >= 0.6 is 11.3 Å². The first-order chi connectivity index (χ1) is 13.1. The van der Waals surface area contributed by atoms with Crippen LogP contribution in [0.25, 0.3) is 0 Å². The summed E-state index contributed by atoms with van der Waals surface area (Å²) in [4.78, 5) is 31.1. The molecule has 2 aliphatic heterocycles. The van der Waals surface area contributed by atoms with Gasteiger partial charge in [-0.3, -0.25) is 9.59 Å². The highest BCUT2D eigenvalue weighted by Crippen LogP contribution is 2.33. The molecule has 2 amide bonds. The molecule has 1 saturated heterocycles. The molecule has 1 aromatic carbocycles. The minimum absolute atomic E-state index is 0.00487. The molecule has 2 aliphatic rings. The third-order valence-corrected chi connectivity index (χ3v) is 5.81. The Labute approximate surface area is 161 Å². The van der Waals surface area contributed by atoms with Gasteiger partial charge in [0, 0.05) is 18.3 Å². The number of likely N-dealkylation sites (tertiary alicyclic amines) is 1. The maximum Gasteiger partial charge on any atom is 0.243 e. The van der Waals surface area contributed by atoms with Gasteiger partial charge >= 0.3 is 0 Å². The molecule has 8 heteroatoms. The van der Waals surface area contributed by atoms with Crippen LogP contribution in [-0.4, -0.2) is 34.5 Å². The summed E-state index contributed by atoms with van der Waals surface area (Å²) in [6, 6.07) is 5.15. The second kappa shape index (κ2) is 7.56. The molecule has 1 fully saturated rings. The summed E-state index contributed by atoms with van der Waals surface area (Å²) in [5, 5.41) is 5.94. The number of rotatable bonds is 6. The Kier molecular flexibility index (Phi) is 4.98. The molecule has 4 rings (SSSR count). The van der Waals surface area contributed by atoms with Crippen molar-refractivity contribution in [3.8, 4) is 11.5 Å². The number of fused-ring (bicyclic) bond motifs is 1. The van der Waals surface area contributed by atoms with Crippen LogP contribution in [0.3, 0.4) is 0 Å². The quantitative estimate of drug-likeness (QED) is 0.822. The predicted octanol–water partition coefficient (Wildman–Crippen LogP) is 2.24. The van der Waals surface area contributed by atoms with Gasteiger partial charge in [-0.1, -0.05) is 13.0 Å². The Balaban J connectivity index is 1.40. The number of aromatic nitrogens is 1. The molecule has 1 aromatic heterocycles. The molecular weight excluding hydrogens is 366 g/mol. The average Bonchev–Trinajstić information content (AvgIpc) is 3.40. The summed E-state index contributed by atoms with van der Waals surface area (Å²) in [5.74, 6) is 1.24. The molecule has 0 radical (unpaired) electrons. The standard InChI is InChI=1S/C19H21N3O4S/c1-2-17-21-13(10-27-17)8-20-19(24)14-4-6-18(23)22(14)9-12-3-5-15-16(7-12)26-11-25-15/h3,5,7,10,14H,2,4,6,8-9,11H2,1H3,(H,20,24)/t14-/m0/s1. The molecule has 1 N–H and O–H groups in total. The van der Waals surface area contributed by atoms with E-state index >= 15 is 0 Å². The van der Waals surface area contributed by atoms with Crippen molar-refractivity contribution in [2.45, 2.75) is 45.3 Å². The van der Waals surface area contributed by atoms with Crippen molar-refractivity contribution in [3.05, 3.63) is 39.8 Å². The molecule has 27 heavy (non-hydrogen) atoms. The Morgan fingerprint density at radius 1 is 1.37 bits per heavy atom. The molecule has 0 unspecified atom stereocenters. The fraction of sp³-hybridized carbons (Fsp3) is 0.421. The van der Waals surface area contributed by atoms with Crippen molar-refractivity contribution in [1.29, 1.82) is 0 Å². The topological polar surface area (TPSA) is 80.8 Å². The van der Waals surface area contributed by atoms with Crippen LogP contribution in [-0.2, 0) is 29.1 Å². The van der Waals surface area contributed by atoms with E-state index in [1.807, 2.05) is 23.6 Å². The lowest BCUT2D eigenvalue weighted by Crippen LogP contribution is -2.44. The molecule has 0 aliphatic carbocycles. The highest BCUT2D eigenvalue weighted by atomic mass is 32.1. The molecule has 1 atom stereocenters. The molecule has 3 heterocycles. The van der Waals surface area contributed by atoms with E-state index in [1.165, 1.54) is 0 Å². The van der Waals surface area contributed by atoms with Gasteiger partial charge < -0.3 is 19.7 Å². The number of carbonyl (C=O) groups is 2. The van der Waals surface area contributed by atoms with E-state index in [0.717, 1.165) is 22.7 Å². The number of benzene rings is 1. The fourth-order valence-electron chi connectivity index (χ4n) is 3.33. The van der Waals surface area contributed by atoms with Crippen molar-refractivity contribution in [2.24, 2.45) is 0 Å². The SMILES string of the molecule is CCc1nc(CNC(=O)[C@@H]2CCC(=O)N2Cc2ccc3c(c2)OCO3)cs1. The largest absolute Gasteiger partial charge is 0.454 e. The third kappa shape index (κ3) is 3.75. The number of thiazole rings is 1. The monoisotopic (exact) mass is 387 g/mol. The van der Waals surface area contributed by atoms with Crippen LogP contribution < -0.4 is 14.8 Å². The number of amides is 2. The second-order valence-electron chi connectivity index (χ2n) is 6.57. The second-order valence-corrected chi connectivity index (χ2v) is 7.51. The first-order valence-electron chi connectivity index (χ1n) is 9.03. The Morgan fingerprint density at radius 2 is 2.22 bits per heavy atom. The van der Waals surface area contributed by atoms with Gasteiger partial charge in [0.05, 0.1) is 17.2 Å². The number of nitrogens with one attached hydrogen (secondary N) is 1. The Hall–Kier alpha value is -2.61. The fourth-order valence-corrected chi connectivity index (χ4v) is 4.07. The molecular formula is C19H21N3O4S. The van der Waals surface area contributed by atoms with Crippen molar-refractivity contribution in [2.75, 3.05) is 6.79 Å². The summed E-state index contributed by atoms with van der Waals surface area (Å²) < 4.78 is 10.7. The third-order valence-electron chi connectivity index (χ3n) is 4.77. The average molecular weight is 387 g/mol. The van der Waals surface area contributed by atoms with Gasteiger partial charge in [-0.15, -0.1) is 11.3 Å². The van der Waals surface area contributed by atoms with Crippen LogP contribution in [0.1, 0.15) is 36.0 Å². The van der Waals surface area contributed by atoms with E-state index in [0.29, 0.717) is 37.4 Å². The van der Waals surface area contributed by atoms with E-state index in [-0.39, 0.29) is 18.6 Å². The molecule has 0 bridgehead atoms. The van der Waals surface area contributed by atoms with Crippen LogP contribution in [0.5, 0.6) is 11.5 Å². The van der Waals surface area contributed by atoms with Gasteiger partial charge in [0.1, 0.15) is 6.04 Å². The zero-order chi connectivity index (χ0) is 18.8. The van der Waals surface area contributed by atoms with Gasteiger partial charge in [-0.2, -0.15) is 0 Å². The van der Waals surface area contributed by atoms with Gasteiger partial charge in [-0.05, 0) is 30.5 Å². The van der Waals surface area contributed by atoms with Crippen LogP contribution in [0, 0.1) is 0 Å². The minimum Gasteiger partial charge on any atom is -0.454 e. The van der Waals surface area contributed by atoms with Crippen LogP contribution in [0.2, 0.25) is 0 Å². The Bertz CT molecular complexity index is 866. The zero-order valence-corrected chi connectivity index (χ0v) is 15.9. The smallest absolute Gasteiger partial charge is 0.243 e. The minimum atomic E-state index is -0.452. The van der Waals surface area contributed by atoms with Crippen molar-refractivity contribution in [1.82, 2.24) is 15.2 Å². The highest BCUT2D eigenvalue weighted by molar-refractivity contribution is 7.09. The normalized spacial score (nSPS) is 18.2. The number of hydrogen-bond acceptors (Lipinski definition) is 6. The molecule has 2 aromatic rings. The summed E-state index contributed by atoms with van der Waals surface area (Å²) in [5.41, 5.74) is 1.77. The zero-order valence-electron chi connectivity index (χ0n) is 15.1. The maximum atomic E-state index is 12.7. The number of nitrogens with zero attached hydrogens (tertiary/aromatic N) is 2. The van der Waals surface area contributed by atoms with E-state index in [2.05, 4.69) is 17.2 Å². The van der Waals surface area contributed by atoms with E-state index < -0.39 is 6.04 Å². The van der Waals surface area contributed by atoms with E-state index in [9.17, 15) is 9.59 Å². The van der Waals surface area contributed by atoms with Gasteiger partial charge in [-0.25, -0.2) is 4.98 Å².